The van der Waals surface area contributed by atoms with Gasteiger partial charge in [0.2, 0.25) is 0 Å². The molecule has 19 heavy (non-hydrogen) atoms. The lowest BCUT2D eigenvalue weighted by Crippen LogP contribution is -2.36. The van der Waals surface area contributed by atoms with Gasteiger partial charge in [-0.3, -0.25) is 4.98 Å². The van der Waals surface area contributed by atoms with E-state index in [1.807, 2.05) is 19.5 Å². The second-order valence-electron chi connectivity index (χ2n) is 5.25. The van der Waals surface area contributed by atoms with E-state index in [0.717, 1.165) is 6.54 Å². The minimum Gasteiger partial charge on any atom is -0.380 e. The number of pyridine rings is 1. The summed E-state index contributed by atoms with van der Waals surface area (Å²) in [5.41, 5.74) is 1.32. The van der Waals surface area contributed by atoms with E-state index in [0.29, 0.717) is 12.1 Å². The Bertz CT molecular complexity index is 555. The fourth-order valence-corrected chi connectivity index (χ4v) is 2.93. The van der Waals surface area contributed by atoms with E-state index in [9.17, 15) is 0 Å². The number of hydrogen-bond donors (Lipinski definition) is 1. The Morgan fingerprint density at radius 3 is 3.11 bits per heavy atom. The van der Waals surface area contributed by atoms with Gasteiger partial charge in [-0.15, -0.1) is 0 Å². The van der Waals surface area contributed by atoms with Crippen LogP contribution in [0.5, 0.6) is 0 Å². The van der Waals surface area contributed by atoms with Gasteiger partial charge in [0.1, 0.15) is 0 Å². The zero-order valence-electron chi connectivity index (χ0n) is 11.3. The summed E-state index contributed by atoms with van der Waals surface area (Å²) in [7, 11) is 1.81. The van der Waals surface area contributed by atoms with Crippen molar-refractivity contribution in [2.24, 2.45) is 0 Å². The molecular weight excluding hydrogens is 236 g/mol. The number of aromatic nitrogens is 1. The van der Waals surface area contributed by atoms with Crippen LogP contribution < -0.4 is 5.32 Å². The highest BCUT2D eigenvalue weighted by atomic mass is 16.5. The highest BCUT2D eigenvalue weighted by Gasteiger charge is 2.26. The zero-order chi connectivity index (χ0) is 13.1. The number of rotatable bonds is 4. The summed E-state index contributed by atoms with van der Waals surface area (Å²) >= 11 is 0. The molecule has 1 aliphatic rings. The van der Waals surface area contributed by atoms with Crippen LogP contribution in [0.1, 0.15) is 24.8 Å². The van der Waals surface area contributed by atoms with E-state index >= 15 is 0 Å². The number of methoxy groups -OCH3 is 1. The Labute approximate surface area is 114 Å². The van der Waals surface area contributed by atoms with Gasteiger partial charge < -0.3 is 10.1 Å². The van der Waals surface area contributed by atoms with Crippen LogP contribution in [0, 0.1) is 0 Å². The molecule has 3 rings (SSSR count). The Morgan fingerprint density at radius 2 is 2.21 bits per heavy atom. The van der Waals surface area contributed by atoms with Crippen LogP contribution in [0.2, 0.25) is 0 Å². The fourth-order valence-electron chi connectivity index (χ4n) is 2.93. The quantitative estimate of drug-likeness (QED) is 0.913. The van der Waals surface area contributed by atoms with Crippen LogP contribution in [-0.2, 0) is 11.3 Å². The molecule has 1 N–H and O–H groups in total. The lowest BCUT2D eigenvalue weighted by Gasteiger charge is -2.19. The van der Waals surface area contributed by atoms with Crippen molar-refractivity contribution >= 4 is 10.8 Å². The first-order valence-electron chi connectivity index (χ1n) is 6.95. The molecule has 0 radical (unpaired) electrons. The summed E-state index contributed by atoms with van der Waals surface area (Å²) in [6.45, 7) is 0.906. The monoisotopic (exact) mass is 256 g/mol. The molecule has 2 atom stereocenters. The molecule has 2 aromatic rings. The number of ether oxygens (including phenoxy) is 1. The molecule has 1 aromatic carbocycles. The third-order valence-electron chi connectivity index (χ3n) is 4.03. The number of benzene rings is 1. The van der Waals surface area contributed by atoms with Crippen LogP contribution in [0.25, 0.3) is 10.8 Å². The molecule has 1 fully saturated rings. The van der Waals surface area contributed by atoms with E-state index in [-0.39, 0.29) is 0 Å². The Morgan fingerprint density at radius 1 is 1.26 bits per heavy atom. The van der Waals surface area contributed by atoms with Gasteiger partial charge >= 0.3 is 0 Å². The van der Waals surface area contributed by atoms with Crippen molar-refractivity contribution in [3.05, 3.63) is 42.2 Å². The average Bonchev–Trinajstić information content (AvgIpc) is 2.92. The van der Waals surface area contributed by atoms with Crippen molar-refractivity contribution in [2.75, 3.05) is 7.11 Å². The molecule has 3 nitrogen and oxygen atoms in total. The maximum absolute atomic E-state index is 5.51. The molecule has 3 heteroatoms. The zero-order valence-corrected chi connectivity index (χ0v) is 11.3. The first kappa shape index (κ1) is 12.6. The van der Waals surface area contributed by atoms with Crippen LogP contribution in [-0.4, -0.2) is 24.2 Å². The van der Waals surface area contributed by atoms with E-state index in [1.54, 1.807) is 0 Å². The number of hydrogen-bond acceptors (Lipinski definition) is 3. The van der Waals surface area contributed by atoms with Crippen LogP contribution >= 0.6 is 0 Å². The summed E-state index contributed by atoms with van der Waals surface area (Å²) in [5, 5.41) is 6.07. The molecule has 0 aliphatic heterocycles. The molecule has 0 amide bonds. The van der Waals surface area contributed by atoms with Crippen molar-refractivity contribution in [3.63, 3.8) is 0 Å². The minimum absolute atomic E-state index is 0.379. The second-order valence-corrected chi connectivity index (χ2v) is 5.25. The van der Waals surface area contributed by atoms with Gasteiger partial charge in [-0.2, -0.15) is 0 Å². The maximum Gasteiger partial charge on any atom is 0.0724 e. The normalized spacial score (nSPS) is 23.0. The third kappa shape index (κ3) is 2.77. The van der Waals surface area contributed by atoms with Crippen LogP contribution in [0.15, 0.2) is 36.7 Å². The van der Waals surface area contributed by atoms with Crippen LogP contribution in [0.3, 0.4) is 0 Å². The molecule has 1 saturated carbocycles. The topological polar surface area (TPSA) is 34.1 Å². The van der Waals surface area contributed by atoms with E-state index < -0.39 is 0 Å². The van der Waals surface area contributed by atoms with Gasteiger partial charge in [-0.05, 0) is 42.3 Å². The first-order valence-corrected chi connectivity index (χ1v) is 6.95. The number of fused-ring (bicyclic) bond motifs is 1. The summed E-state index contributed by atoms with van der Waals surface area (Å²) in [4.78, 5) is 4.14. The lowest BCUT2D eigenvalue weighted by molar-refractivity contribution is 0.0847. The molecule has 0 spiro atoms. The van der Waals surface area contributed by atoms with Gasteiger partial charge in [0.05, 0.1) is 6.10 Å². The molecule has 100 valence electrons. The molecule has 1 heterocycles. The van der Waals surface area contributed by atoms with Crippen molar-refractivity contribution in [1.29, 1.82) is 0 Å². The molecule has 0 bridgehead atoms. The minimum atomic E-state index is 0.379. The molecule has 2 unspecified atom stereocenters. The summed E-state index contributed by atoms with van der Waals surface area (Å²) < 4.78 is 5.51. The molecule has 1 aliphatic carbocycles. The number of nitrogens with zero attached hydrogens (tertiary/aromatic N) is 1. The van der Waals surface area contributed by atoms with Crippen molar-refractivity contribution in [1.82, 2.24) is 10.3 Å². The van der Waals surface area contributed by atoms with Gasteiger partial charge in [-0.25, -0.2) is 0 Å². The maximum atomic E-state index is 5.51. The van der Waals surface area contributed by atoms with E-state index in [1.165, 1.54) is 35.6 Å². The predicted octanol–water partition coefficient (Wildman–Crippen LogP) is 2.89. The van der Waals surface area contributed by atoms with Gasteiger partial charge in [0.25, 0.3) is 0 Å². The Hall–Kier alpha value is -1.45. The Kier molecular flexibility index (Phi) is 3.76. The SMILES string of the molecule is COC1CCCC1NCc1ccc2cnccc2c1. The van der Waals surface area contributed by atoms with Gasteiger partial charge in [0, 0.05) is 37.5 Å². The largest absolute Gasteiger partial charge is 0.380 e. The fraction of sp³-hybridized carbons (Fsp3) is 0.438. The second kappa shape index (κ2) is 5.68. The average molecular weight is 256 g/mol. The van der Waals surface area contributed by atoms with Gasteiger partial charge in [0.15, 0.2) is 0 Å². The van der Waals surface area contributed by atoms with E-state index in [2.05, 4.69) is 34.6 Å². The smallest absolute Gasteiger partial charge is 0.0724 e. The predicted molar refractivity (Wildman–Crippen MR) is 77.0 cm³/mol. The molecule has 1 aromatic heterocycles. The van der Waals surface area contributed by atoms with E-state index in [4.69, 9.17) is 4.74 Å². The highest BCUT2D eigenvalue weighted by Crippen LogP contribution is 2.22. The summed E-state index contributed by atoms with van der Waals surface area (Å²) in [6, 6.07) is 9.11. The van der Waals surface area contributed by atoms with Crippen molar-refractivity contribution in [2.45, 2.75) is 38.0 Å². The van der Waals surface area contributed by atoms with Crippen LogP contribution in [0.4, 0.5) is 0 Å². The standard InChI is InChI=1S/C16H20N2O/c1-19-16-4-2-3-15(16)18-10-12-5-6-14-11-17-8-7-13(14)9-12/h5-9,11,15-16,18H,2-4,10H2,1H3. The summed E-state index contributed by atoms with van der Waals surface area (Å²) in [5.74, 6) is 0. The van der Waals surface area contributed by atoms with Crippen molar-refractivity contribution < 1.29 is 4.74 Å². The number of nitrogens with one attached hydrogen (secondary N) is 1. The lowest BCUT2D eigenvalue weighted by atomic mass is 10.1. The van der Waals surface area contributed by atoms with Gasteiger partial charge in [-0.1, -0.05) is 12.1 Å². The highest BCUT2D eigenvalue weighted by molar-refractivity contribution is 5.81. The molecule has 0 saturated heterocycles. The van der Waals surface area contributed by atoms with Crippen molar-refractivity contribution in [3.8, 4) is 0 Å². The Balaban J connectivity index is 1.68. The summed E-state index contributed by atoms with van der Waals surface area (Å²) in [6.07, 6.45) is 7.79. The molecular formula is C16H20N2O. The first-order chi connectivity index (χ1) is 9.36. The third-order valence-corrected chi connectivity index (χ3v) is 4.03.